The highest BCUT2D eigenvalue weighted by Gasteiger charge is 2.19. The van der Waals surface area contributed by atoms with Crippen molar-refractivity contribution in [2.24, 2.45) is 0 Å². The van der Waals surface area contributed by atoms with Crippen molar-refractivity contribution in [3.05, 3.63) is 23.3 Å². The quantitative estimate of drug-likeness (QED) is 0.777. The van der Waals surface area contributed by atoms with Crippen molar-refractivity contribution in [3.8, 4) is 5.75 Å². The summed E-state index contributed by atoms with van der Waals surface area (Å²) in [7, 11) is 4.91. The van der Waals surface area contributed by atoms with Crippen molar-refractivity contribution in [2.45, 2.75) is 31.6 Å². The van der Waals surface area contributed by atoms with Gasteiger partial charge in [-0.05, 0) is 36.1 Å². The molecule has 118 valence electrons. The molecule has 0 heterocycles. The summed E-state index contributed by atoms with van der Waals surface area (Å²) >= 11 is 0. The highest BCUT2D eigenvalue weighted by Crippen LogP contribution is 2.33. The lowest BCUT2D eigenvalue weighted by molar-refractivity contribution is -0.130. The van der Waals surface area contributed by atoms with Gasteiger partial charge in [-0.3, -0.25) is 4.79 Å². The minimum Gasteiger partial charge on any atom is -0.483 e. The molecule has 7 heteroatoms. The minimum atomic E-state index is -3.81. The third-order valence-corrected chi connectivity index (χ3v) is 4.51. The zero-order chi connectivity index (χ0) is 16.4. The molecule has 1 rings (SSSR count). The Kier molecular flexibility index (Phi) is 5.64. The average molecular weight is 334 g/mol. The van der Waals surface area contributed by atoms with Gasteiger partial charge in [-0.1, -0.05) is 13.8 Å². The molecule has 0 fully saturated rings. The molecule has 0 radical (unpaired) electrons. The summed E-state index contributed by atoms with van der Waals surface area (Å²) in [6.45, 7) is 5.37. The summed E-state index contributed by atoms with van der Waals surface area (Å²) in [5.41, 5.74) is 1.19. The summed E-state index contributed by atoms with van der Waals surface area (Å²) in [4.78, 5) is 13.1. The van der Waals surface area contributed by atoms with E-state index < -0.39 is 9.05 Å². The highest BCUT2D eigenvalue weighted by molar-refractivity contribution is 8.13. The number of likely N-dealkylation sites (N-methyl/N-ethyl adjacent to an activating group) is 1. The fraction of sp³-hybridized carbons (Fsp3) is 0.500. The molecular weight excluding hydrogens is 314 g/mol. The van der Waals surface area contributed by atoms with E-state index in [-0.39, 0.29) is 23.3 Å². The zero-order valence-electron chi connectivity index (χ0n) is 12.8. The normalized spacial score (nSPS) is 11.6. The largest absolute Gasteiger partial charge is 0.483 e. The fourth-order valence-corrected chi connectivity index (χ4v) is 2.99. The van der Waals surface area contributed by atoms with Crippen LogP contribution in [0.2, 0.25) is 0 Å². The first-order valence-electron chi connectivity index (χ1n) is 6.46. The molecule has 0 atom stereocenters. The van der Waals surface area contributed by atoms with Gasteiger partial charge >= 0.3 is 0 Å². The van der Waals surface area contributed by atoms with Crippen LogP contribution in [0.1, 0.15) is 30.9 Å². The van der Waals surface area contributed by atoms with E-state index in [1.165, 1.54) is 11.0 Å². The van der Waals surface area contributed by atoms with E-state index in [0.717, 1.165) is 0 Å². The molecule has 21 heavy (non-hydrogen) atoms. The van der Waals surface area contributed by atoms with Gasteiger partial charge < -0.3 is 9.64 Å². The summed E-state index contributed by atoms with van der Waals surface area (Å²) in [6, 6.07) is 3.12. The number of benzene rings is 1. The molecule has 0 aliphatic carbocycles. The standard InChI is InChI=1S/C14H20ClNO4S/c1-9(2)11-7-13(21(15,18)19)10(3)6-12(11)20-8-14(17)16(4)5/h6-7,9H,8H2,1-5H3. The first-order chi connectivity index (χ1) is 9.54. The van der Waals surface area contributed by atoms with Crippen LogP contribution in [-0.2, 0) is 13.8 Å². The van der Waals surface area contributed by atoms with Crippen LogP contribution in [0.5, 0.6) is 5.75 Å². The van der Waals surface area contributed by atoms with Gasteiger partial charge in [0, 0.05) is 24.8 Å². The molecule has 5 nitrogen and oxygen atoms in total. The highest BCUT2D eigenvalue weighted by atomic mass is 35.7. The molecule has 0 aliphatic heterocycles. The predicted molar refractivity (Wildman–Crippen MR) is 82.5 cm³/mol. The lowest BCUT2D eigenvalue weighted by atomic mass is 10.0. The molecule has 0 aromatic heterocycles. The molecule has 0 N–H and O–H groups in total. The molecule has 1 amide bonds. The van der Waals surface area contributed by atoms with Crippen LogP contribution < -0.4 is 4.74 Å². The number of hydrogen-bond donors (Lipinski definition) is 0. The van der Waals surface area contributed by atoms with Crippen LogP contribution >= 0.6 is 10.7 Å². The molecule has 0 aliphatic rings. The second-order valence-electron chi connectivity index (χ2n) is 5.32. The Morgan fingerprint density at radius 2 is 1.90 bits per heavy atom. The molecule has 0 bridgehead atoms. The summed E-state index contributed by atoms with van der Waals surface area (Å²) in [6.07, 6.45) is 0. The number of nitrogens with zero attached hydrogens (tertiary/aromatic N) is 1. The number of carbonyl (C=O) groups excluding carboxylic acids is 1. The zero-order valence-corrected chi connectivity index (χ0v) is 14.4. The SMILES string of the molecule is Cc1cc(OCC(=O)N(C)C)c(C(C)C)cc1S(=O)(=O)Cl. The number of ether oxygens (including phenoxy) is 1. The van der Waals surface area contributed by atoms with Gasteiger partial charge in [0.05, 0.1) is 4.90 Å². The molecule has 0 spiro atoms. The fourth-order valence-electron chi connectivity index (χ4n) is 1.78. The van der Waals surface area contributed by atoms with Crippen LogP contribution in [0.15, 0.2) is 17.0 Å². The third-order valence-electron chi connectivity index (χ3n) is 3.04. The van der Waals surface area contributed by atoms with E-state index >= 15 is 0 Å². The Balaban J connectivity index is 3.21. The molecule has 1 aromatic carbocycles. The predicted octanol–water partition coefficient (Wildman–Crippen LogP) is 2.51. The molecular formula is C14H20ClNO4S. The van der Waals surface area contributed by atoms with Gasteiger partial charge in [0.2, 0.25) is 0 Å². The number of aryl methyl sites for hydroxylation is 1. The van der Waals surface area contributed by atoms with Gasteiger partial charge in [-0.25, -0.2) is 8.42 Å². The maximum Gasteiger partial charge on any atom is 0.261 e. The molecule has 0 saturated carbocycles. The van der Waals surface area contributed by atoms with Gasteiger partial charge in [0.25, 0.3) is 15.0 Å². The maximum atomic E-state index is 11.6. The molecule has 0 saturated heterocycles. The Morgan fingerprint density at radius 3 is 2.33 bits per heavy atom. The van der Waals surface area contributed by atoms with Crippen molar-refractivity contribution in [3.63, 3.8) is 0 Å². The van der Waals surface area contributed by atoms with Crippen LogP contribution in [0.3, 0.4) is 0 Å². The van der Waals surface area contributed by atoms with E-state index in [0.29, 0.717) is 16.9 Å². The molecule has 0 unspecified atom stereocenters. The minimum absolute atomic E-state index is 0.0345. The van der Waals surface area contributed by atoms with E-state index in [1.54, 1.807) is 27.1 Å². The Morgan fingerprint density at radius 1 is 1.33 bits per heavy atom. The van der Waals surface area contributed by atoms with Gasteiger partial charge in [0.1, 0.15) is 5.75 Å². The number of rotatable bonds is 5. The van der Waals surface area contributed by atoms with Crippen LogP contribution in [-0.4, -0.2) is 39.9 Å². The smallest absolute Gasteiger partial charge is 0.261 e. The average Bonchev–Trinajstić information content (AvgIpc) is 2.33. The lowest BCUT2D eigenvalue weighted by Crippen LogP contribution is -2.27. The Hall–Kier alpha value is -1.27. The summed E-state index contributed by atoms with van der Waals surface area (Å²) < 4.78 is 28.7. The van der Waals surface area contributed by atoms with Gasteiger partial charge in [-0.15, -0.1) is 0 Å². The summed E-state index contributed by atoms with van der Waals surface area (Å²) in [5, 5.41) is 0. The summed E-state index contributed by atoms with van der Waals surface area (Å²) in [5.74, 6) is 0.366. The number of halogens is 1. The second-order valence-corrected chi connectivity index (χ2v) is 7.86. The topological polar surface area (TPSA) is 63.7 Å². The van der Waals surface area contributed by atoms with Crippen LogP contribution in [0.25, 0.3) is 0 Å². The monoisotopic (exact) mass is 333 g/mol. The maximum absolute atomic E-state index is 11.6. The van der Waals surface area contributed by atoms with E-state index in [4.69, 9.17) is 15.4 Å². The Labute approximate surface area is 130 Å². The second kappa shape index (κ2) is 6.66. The third kappa shape index (κ3) is 4.61. The number of carbonyl (C=O) groups is 1. The molecule has 1 aromatic rings. The lowest BCUT2D eigenvalue weighted by Gasteiger charge is -2.17. The van der Waals surface area contributed by atoms with Crippen molar-refractivity contribution < 1.29 is 17.9 Å². The van der Waals surface area contributed by atoms with E-state index in [2.05, 4.69) is 0 Å². The van der Waals surface area contributed by atoms with Crippen LogP contribution in [0.4, 0.5) is 0 Å². The van der Waals surface area contributed by atoms with Crippen molar-refractivity contribution >= 4 is 25.6 Å². The van der Waals surface area contributed by atoms with Crippen LogP contribution in [0, 0.1) is 6.92 Å². The first kappa shape index (κ1) is 17.8. The van der Waals surface area contributed by atoms with Crippen molar-refractivity contribution in [1.29, 1.82) is 0 Å². The Bertz CT molecular complexity index is 639. The van der Waals surface area contributed by atoms with Crippen molar-refractivity contribution in [1.82, 2.24) is 4.90 Å². The van der Waals surface area contributed by atoms with E-state index in [1.807, 2.05) is 13.8 Å². The van der Waals surface area contributed by atoms with E-state index in [9.17, 15) is 13.2 Å². The first-order valence-corrected chi connectivity index (χ1v) is 8.77. The number of amides is 1. The van der Waals surface area contributed by atoms with Gasteiger partial charge in [0.15, 0.2) is 6.61 Å². The number of hydrogen-bond acceptors (Lipinski definition) is 4. The van der Waals surface area contributed by atoms with Gasteiger partial charge in [-0.2, -0.15) is 0 Å². The van der Waals surface area contributed by atoms with Crippen molar-refractivity contribution in [2.75, 3.05) is 20.7 Å².